The summed E-state index contributed by atoms with van der Waals surface area (Å²) in [6, 6.07) is 1.19. The molecule has 0 saturated carbocycles. The highest BCUT2D eigenvalue weighted by atomic mass is 32.1. The van der Waals surface area contributed by atoms with E-state index < -0.39 is 13.7 Å². The van der Waals surface area contributed by atoms with Gasteiger partial charge in [0, 0.05) is 6.54 Å². The summed E-state index contributed by atoms with van der Waals surface area (Å²) in [4.78, 5) is 11.3. The molecular formula is C11H25NO2SSi. The SMILES string of the molecule is CC(C)(C)OC(=O)NCCC[Si](C)(C)CS. The molecule has 0 fully saturated rings. The van der Waals surface area contributed by atoms with Gasteiger partial charge in [-0.25, -0.2) is 4.79 Å². The highest BCUT2D eigenvalue weighted by Crippen LogP contribution is 2.13. The van der Waals surface area contributed by atoms with E-state index in [-0.39, 0.29) is 6.09 Å². The van der Waals surface area contributed by atoms with Crippen LogP contribution in [0.5, 0.6) is 0 Å². The van der Waals surface area contributed by atoms with Gasteiger partial charge in [0.2, 0.25) is 0 Å². The zero-order valence-electron chi connectivity index (χ0n) is 11.1. The van der Waals surface area contributed by atoms with Gasteiger partial charge in [-0.1, -0.05) is 19.1 Å². The van der Waals surface area contributed by atoms with E-state index in [1.165, 1.54) is 6.04 Å². The molecule has 0 aliphatic rings. The number of carbonyl (C=O) groups is 1. The first-order valence-electron chi connectivity index (χ1n) is 5.74. The molecule has 0 aliphatic carbocycles. The van der Waals surface area contributed by atoms with Gasteiger partial charge >= 0.3 is 6.09 Å². The van der Waals surface area contributed by atoms with Gasteiger partial charge in [-0.05, 0) is 32.6 Å². The number of hydrogen-bond donors (Lipinski definition) is 2. The zero-order chi connectivity index (χ0) is 12.8. The second kappa shape index (κ2) is 6.54. The summed E-state index contributed by atoms with van der Waals surface area (Å²) in [5.74, 6) is 0. The molecule has 1 N–H and O–H groups in total. The maximum Gasteiger partial charge on any atom is 0.407 e. The van der Waals surface area contributed by atoms with Crippen molar-refractivity contribution in [2.45, 2.75) is 51.9 Å². The van der Waals surface area contributed by atoms with Gasteiger partial charge in [-0.3, -0.25) is 0 Å². The third-order valence-electron chi connectivity index (χ3n) is 2.13. The second-order valence-corrected chi connectivity index (χ2v) is 11.9. The summed E-state index contributed by atoms with van der Waals surface area (Å²) in [6.45, 7) is 10.9. The molecule has 16 heavy (non-hydrogen) atoms. The number of thiol groups is 1. The first kappa shape index (κ1) is 15.8. The molecule has 0 rings (SSSR count). The lowest BCUT2D eigenvalue weighted by molar-refractivity contribution is 0.0528. The lowest BCUT2D eigenvalue weighted by Gasteiger charge is -2.21. The number of carbonyl (C=O) groups excluding carboxylic acids is 1. The fraction of sp³-hybridized carbons (Fsp3) is 0.909. The Balaban J connectivity index is 3.64. The quantitative estimate of drug-likeness (QED) is 0.454. The van der Waals surface area contributed by atoms with Gasteiger partial charge < -0.3 is 10.1 Å². The van der Waals surface area contributed by atoms with Crippen molar-refractivity contribution in [2.24, 2.45) is 0 Å². The Bertz CT molecular complexity index is 227. The minimum Gasteiger partial charge on any atom is -0.444 e. The van der Waals surface area contributed by atoms with E-state index in [1.54, 1.807) is 0 Å². The van der Waals surface area contributed by atoms with Crippen LogP contribution in [0.1, 0.15) is 27.2 Å². The van der Waals surface area contributed by atoms with Crippen LogP contribution in [0.2, 0.25) is 19.1 Å². The highest BCUT2D eigenvalue weighted by molar-refractivity contribution is 7.82. The third-order valence-corrected chi connectivity index (χ3v) is 7.26. The van der Waals surface area contributed by atoms with Crippen LogP contribution in [0.15, 0.2) is 0 Å². The summed E-state index contributed by atoms with van der Waals surface area (Å²) in [5, 5.41) is 3.77. The molecule has 3 nitrogen and oxygen atoms in total. The molecule has 0 unspecified atom stereocenters. The summed E-state index contributed by atoms with van der Waals surface area (Å²) < 4.78 is 5.14. The average Bonchev–Trinajstić information content (AvgIpc) is 2.10. The number of alkyl carbamates (subject to hydrolysis) is 1. The van der Waals surface area contributed by atoms with Crippen LogP contribution >= 0.6 is 12.6 Å². The fourth-order valence-electron chi connectivity index (χ4n) is 1.15. The van der Waals surface area contributed by atoms with Crippen molar-refractivity contribution in [1.29, 1.82) is 0 Å². The highest BCUT2D eigenvalue weighted by Gasteiger charge is 2.18. The van der Waals surface area contributed by atoms with Gasteiger partial charge in [0.25, 0.3) is 0 Å². The molecule has 0 bridgehead atoms. The van der Waals surface area contributed by atoms with Crippen LogP contribution in [-0.2, 0) is 4.74 Å². The smallest absolute Gasteiger partial charge is 0.407 e. The van der Waals surface area contributed by atoms with Gasteiger partial charge in [-0.15, -0.1) is 0 Å². The number of nitrogens with one attached hydrogen (secondary N) is 1. The Morgan fingerprint density at radius 2 is 1.94 bits per heavy atom. The van der Waals surface area contributed by atoms with Crippen molar-refractivity contribution in [3.63, 3.8) is 0 Å². The summed E-state index contributed by atoms with van der Waals surface area (Å²) in [7, 11) is -1.12. The number of amides is 1. The fourth-order valence-corrected chi connectivity index (χ4v) is 2.92. The molecule has 1 amide bonds. The zero-order valence-corrected chi connectivity index (χ0v) is 13.0. The van der Waals surface area contributed by atoms with E-state index in [2.05, 4.69) is 31.0 Å². The van der Waals surface area contributed by atoms with Crippen LogP contribution in [0.3, 0.4) is 0 Å². The van der Waals surface area contributed by atoms with E-state index in [0.717, 1.165) is 11.8 Å². The topological polar surface area (TPSA) is 38.3 Å². The van der Waals surface area contributed by atoms with Crippen molar-refractivity contribution in [1.82, 2.24) is 5.32 Å². The van der Waals surface area contributed by atoms with Crippen LogP contribution in [0.25, 0.3) is 0 Å². The van der Waals surface area contributed by atoms with Crippen molar-refractivity contribution in [3.05, 3.63) is 0 Å². The Hall–Kier alpha value is -0.163. The molecule has 5 heteroatoms. The Kier molecular flexibility index (Phi) is 6.48. The maximum atomic E-state index is 11.3. The molecule has 0 aromatic heterocycles. The van der Waals surface area contributed by atoms with Crippen LogP contribution in [0, 0.1) is 0 Å². The van der Waals surface area contributed by atoms with Crippen molar-refractivity contribution in [3.8, 4) is 0 Å². The number of ether oxygens (including phenoxy) is 1. The van der Waals surface area contributed by atoms with Crippen molar-refractivity contribution >= 4 is 26.8 Å². The molecule has 0 saturated heterocycles. The molecule has 0 aromatic carbocycles. The monoisotopic (exact) mass is 263 g/mol. The van der Waals surface area contributed by atoms with Gasteiger partial charge in [0.1, 0.15) is 5.60 Å². The van der Waals surface area contributed by atoms with Crippen molar-refractivity contribution < 1.29 is 9.53 Å². The van der Waals surface area contributed by atoms with Crippen LogP contribution in [0.4, 0.5) is 4.79 Å². The van der Waals surface area contributed by atoms with Gasteiger partial charge in [0.05, 0.1) is 8.07 Å². The standard InChI is InChI=1S/C11H25NO2SSi/c1-11(2,3)14-10(13)12-7-6-8-16(4,5)9-15/h15H,6-9H2,1-5H3,(H,12,13). The van der Waals surface area contributed by atoms with E-state index >= 15 is 0 Å². The molecular weight excluding hydrogens is 238 g/mol. The van der Waals surface area contributed by atoms with Crippen LogP contribution < -0.4 is 5.32 Å². The molecule has 0 aliphatic heterocycles. The Morgan fingerprint density at radius 3 is 2.38 bits per heavy atom. The normalized spacial score (nSPS) is 12.4. The first-order chi connectivity index (χ1) is 7.16. The summed E-state index contributed by atoms with van der Waals surface area (Å²) >= 11 is 4.35. The molecule has 0 spiro atoms. The summed E-state index contributed by atoms with van der Waals surface area (Å²) in [5.41, 5.74) is -0.413. The third kappa shape index (κ3) is 9.09. The molecule has 0 aromatic rings. The predicted octanol–water partition coefficient (Wildman–Crippen LogP) is 3.08. The Labute approximate surface area is 106 Å². The van der Waals surface area contributed by atoms with E-state index in [9.17, 15) is 4.79 Å². The second-order valence-electron chi connectivity index (χ2n) is 5.85. The molecule has 0 radical (unpaired) electrons. The molecule has 96 valence electrons. The minimum absolute atomic E-state index is 0.321. The predicted molar refractivity (Wildman–Crippen MR) is 75.0 cm³/mol. The van der Waals surface area contributed by atoms with E-state index in [0.29, 0.717) is 6.54 Å². The van der Waals surface area contributed by atoms with E-state index in [4.69, 9.17) is 4.74 Å². The Morgan fingerprint density at radius 1 is 1.38 bits per heavy atom. The van der Waals surface area contributed by atoms with Crippen LogP contribution in [-0.4, -0.2) is 31.7 Å². The largest absolute Gasteiger partial charge is 0.444 e. The van der Waals surface area contributed by atoms with Gasteiger partial charge in [-0.2, -0.15) is 12.6 Å². The van der Waals surface area contributed by atoms with E-state index in [1.807, 2.05) is 20.8 Å². The average molecular weight is 263 g/mol. The molecule has 0 heterocycles. The lowest BCUT2D eigenvalue weighted by atomic mass is 10.2. The van der Waals surface area contributed by atoms with Crippen molar-refractivity contribution in [2.75, 3.05) is 11.9 Å². The van der Waals surface area contributed by atoms with Gasteiger partial charge in [0.15, 0.2) is 0 Å². The lowest BCUT2D eigenvalue weighted by Crippen LogP contribution is -2.34. The summed E-state index contributed by atoms with van der Waals surface area (Å²) in [6.07, 6.45) is 0.691. The first-order valence-corrected chi connectivity index (χ1v) is 9.79. The number of rotatable bonds is 5. The minimum atomic E-state index is -1.12. The number of hydrogen-bond acceptors (Lipinski definition) is 3. The maximum absolute atomic E-state index is 11.3. The molecule has 0 atom stereocenters.